The van der Waals surface area contributed by atoms with Crippen LogP contribution in [0.1, 0.15) is 11.3 Å². The van der Waals surface area contributed by atoms with Gasteiger partial charge in [-0.15, -0.1) is 0 Å². The Balaban J connectivity index is 2.54. The molecule has 4 N–H and O–H groups in total. The molecule has 19 heavy (non-hydrogen) atoms. The quantitative estimate of drug-likeness (QED) is 0.566. The number of rotatable bonds is 7. The molecule has 1 amide bonds. The van der Waals surface area contributed by atoms with Crippen LogP contribution in [0, 0.1) is 6.92 Å². The van der Waals surface area contributed by atoms with E-state index in [0.29, 0.717) is 18.8 Å². The molecule has 0 aromatic carbocycles. The summed E-state index contributed by atoms with van der Waals surface area (Å²) < 4.78 is 4.57. The molecule has 0 saturated heterocycles. The van der Waals surface area contributed by atoms with Crippen molar-refractivity contribution in [1.82, 2.24) is 15.6 Å². The van der Waals surface area contributed by atoms with Crippen LogP contribution in [0.4, 0.5) is 5.82 Å². The average molecular weight is 266 g/mol. The maximum atomic E-state index is 11.8. The number of pyridine rings is 1. The van der Waals surface area contributed by atoms with Gasteiger partial charge in [0.05, 0.1) is 0 Å². The molecule has 1 atom stereocenters. The van der Waals surface area contributed by atoms with Crippen LogP contribution in [-0.4, -0.2) is 37.1 Å². The highest BCUT2D eigenvalue weighted by atomic mass is 16.5. The standard InChI is InChI=1S/C12H18N4O3/c1-8-9(3-4-11(13)16-8)5-15-12(18)10(14-2)6-19-7-17/h3-4,7,10,14H,5-6H2,1-2H3,(H2,13,16)(H,15,18). The number of nitrogens with two attached hydrogens (primary N) is 1. The number of hydrogen-bond donors (Lipinski definition) is 3. The van der Waals surface area contributed by atoms with E-state index in [4.69, 9.17) is 5.73 Å². The Hall–Kier alpha value is -2.15. The van der Waals surface area contributed by atoms with Gasteiger partial charge >= 0.3 is 0 Å². The van der Waals surface area contributed by atoms with Crippen LogP contribution >= 0.6 is 0 Å². The van der Waals surface area contributed by atoms with Gasteiger partial charge < -0.3 is 21.1 Å². The second-order valence-electron chi connectivity index (χ2n) is 3.97. The number of aromatic nitrogens is 1. The van der Waals surface area contributed by atoms with E-state index in [1.54, 1.807) is 13.1 Å². The summed E-state index contributed by atoms with van der Waals surface area (Å²) in [5.41, 5.74) is 7.20. The third-order valence-corrected chi connectivity index (χ3v) is 2.67. The first-order chi connectivity index (χ1) is 9.08. The Morgan fingerprint density at radius 1 is 1.58 bits per heavy atom. The van der Waals surface area contributed by atoms with Gasteiger partial charge in [0.15, 0.2) is 0 Å². The first-order valence-electron chi connectivity index (χ1n) is 5.80. The third kappa shape index (κ3) is 4.55. The molecule has 7 heteroatoms. The minimum absolute atomic E-state index is 0.00912. The minimum Gasteiger partial charge on any atom is -0.466 e. The van der Waals surface area contributed by atoms with E-state index in [2.05, 4.69) is 20.4 Å². The molecular weight excluding hydrogens is 248 g/mol. The maximum Gasteiger partial charge on any atom is 0.293 e. The highest BCUT2D eigenvalue weighted by Crippen LogP contribution is 2.07. The van der Waals surface area contributed by atoms with Gasteiger partial charge in [-0.2, -0.15) is 0 Å². The number of nitrogens with zero attached hydrogens (tertiary/aromatic N) is 1. The monoisotopic (exact) mass is 266 g/mol. The zero-order valence-electron chi connectivity index (χ0n) is 11.0. The van der Waals surface area contributed by atoms with E-state index in [-0.39, 0.29) is 12.5 Å². The topological polar surface area (TPSA) is 106 Å². The van der Waals surface area contributed by atoms with E-state index >= 15 is 0 Å². The molecule has 0 aliphatic carbocycles. The fourth-order valence-electron chi connectivity index (χ4n) is 1.53. The summed E-state index contributed by atoms with van der Waals surface area (Å²) in [5.74, 6) is 0.195. The lowest BCUT2D eigenvalue weighted by atomic mass is 10.2. The van der Waals surface area contributed by atoms with Gasteiger partial charge in [0, 0.05) is 12.2 Å². The molecule has 1 aromatic heterocycles. The summed E-state index contributed by atoms with van der Waals surface area (Å²) in [6, 6.07) is 2.92. The second kappa shape index (κ2) is 7.32. The number of carbonyl (C=O) groups excluding carboxylic acids is 2. The molecule has 1 unspecified atom stereocenters. The van der Waals surface area contributed by atoms with Crippen molar-refractivity contribution < 1.29 is 14.3 Å². The molecule has 0 aliphatic heterocycles. The van der Waals surface area contributed by atoms with Gasteiger partial charge in [-0.05, 0) is 25.6 Å². The summed E-state index contributed by atoms with van der Waals surface area (Å²) >= 11 is 0. The lowest BCUT2D eigenvalue weighted by Crippen LogP contribution is -2.45. The van der Waals surface area contributed by atoms with E-state index < -0.39 is 6.04 Å². The van der Waals surface area contributed by atoms with Crippen LogP contribution in [0.25, 0.3) is 0 Å². The lowest BCUT2D eigenvalue weighted by Gasteiger charge is -2.15. The zero-order valence-corrected chi connectivity index (χ0v) is 11.0. The molecule has 0 radical (unpaired) electrons. The van der Waals surface area contributed by atoms with Crippen LogP contribution in [-0.2, 0) is 20.9 Å². The molecule has 1 aromatic rings. The smallest absolute Gasteiger partial charge is 0.293 e. The second-order valence-corrected chi connectivity index (χ2v) is 3.97. The minimum atomic E-state index is -0.577. The number of aryl methyl sites for hydroxylation is 1. The molecule has 0 spiro atoms. The predicted octanol–water partition coefficient (Wildman–Crippen LogP) is -0.651. The lowest BCUT2D eigenvalue weighted by molar-refractivity contribution is -0.132. The van der Waals surface area contributed by atoms with Gasteiger partial charge in [0.25, 0.3) is 6.47 Å². The Labute approximate surface area is 111 Å². The van der Waals surface area contributed by atoms with Crippen molar-refractivity contribution in [3.8, 4) is 0 Å². The molecule has 7 nitrogen and oxygen atoms in total. The first kappa shape index (κ1) is 14.9. The van der Waals surface area contributed by atoms with Gasteiger partial charge in [0.2, 0.25) is 5.91 Å². The summed E-state index contributed by atoms with van der Waals surface area (Å²) in [7, 11) is 1.62. The maximum absolute atomic E-state index is 11.8. The van der Waals surface area contributed by atoms with E-state index in [9.17, 15) is 9.59 Å². The number of nitrogen functional groups attached to an aromatic ring is 1. The van der Waals surface area contributed by atoms with Crippen molar-refractivity contribution in [2.45, 2.75) is 19.5 Å². The van der Waals surface area contributed by atoms with Gasteiger partial charge in [0.1, 0.15) is 18.5 Å². The summed E-state index contributed by atoms with van der Waals surface area (Å²) in [6.07, 6.45) is 0. The Morgan fingerprint density at radius 2 is 2.32 bits per heavy atom. The molecule has 0 aliphatic rings. The fourth-order valence-corrected chi connectivity index (χ4v) is 1.53. The number of hydrogen-bond acceptors (Lipinski definition) is 6. The Kier molecular flexibility index (Phi) is 5.74. The molecule has 104 valence electrons. The van der Waals surface area contributed by atoms with E-state index in [0.717, 1.165) is 11.3 Å². The molecule has 1 rings (SSSR count). The van der Waals surface area contributed by atoms with Crippen molar-refractivity contribution in [1.29, 1.82) is 0 Å². The SMILES string of the molecule is CNC(COC=O)C(=O)NCc1ccc(N)nc1C. The Morgan fingerprint density at radius 3 is 2.89 bits per heavy atom. The number of likely N-dealkylation sites (N-methyl/N-ethyl adjacent to an activating group) is 1. The van der Waals surface area contributed by atoms with Crippen molar-refractivity contribution >= 4 is 18.2 Å². The van der Waals surface area contributed by atoms with Crippen molar-refractivity contribution in [2.24, 2.45) is 0 Å². The van der Waals surface area contributed by atoms with Crippen LogP contribution in [0.15, 0.2) is 12.1 Å². The Bertz CT molecular complexity index is 451. The molecule has 1 heterocycles. The van der Waals surface area contributed by atoms with Gasteiger partial charge in [-0.25, -0.2) is 4.98 Å². The van der Waals surface area contributed by atoms with Crippen LogP contribution in [0.2, 0.25) is 0 Å². The largest absolute Gasteiger partial charge is 0.466 e. The van der Waals surface area contributed by atoms with Crippen molar-refractivity contribution in [3.63, 3.8) is 0 Å². The highest BCUT2D eigenvalue weighted by molar-refractivity contribution is 5.82. The van der Waals surface area contributed by atoms with Crippen LogP contribution < -0.4 is 16.4 Å². The van der Waals surface area contributed by atoms with Crippen LogP contribution in [0.5, 0.6) is 0 Å². The first-order valence-corrected chi connectivity index (χ1v) is 5.80. The van der Waals surface area contributed by atoms with Gasteiger partial charge in [-0.3, -0.25) is 9.59 Å². The average Bonchev–Trinajstić information content (AvgIpc) is 2.38. The van der Waals surface area contributed by atoms with Crippen molar-refractivity contribution in [3.05, 3.63) is 23.4 Å². The van der Waals surface area contributed by atoms with Gasteiger partial charge in [-0.1, -0.05) is 6.07 Å². The predicted molar refractivity (Wildman–Crippen MR) is 70.1 cm³/mol. The number of carbonyl (C=O) groups is 2. The number of anilines is 1. The molecule has 0 saturated carbocycles. The summed E-state index contributed by atoms with van der Waals surface area (Å²) in [5, 5.41) is 5.51. The van der Waals surface area contributed by atoms with E-state index in [1.165, 1.54) is 0 Å². The number of nitrogens with one attached hydrogen (secondary N) is 2. The molecule has 0 fully saturated rings. The molecular formula is C12H18N4O3. The number of amides is 1. The zero-order chi connectivity index (χ0) is 14.3. The normalized spacial score (nSPS) is 11.7. The molecule has 0 bridgehead atoms. The number of ether oxygens (including phenoxy) is 1. The van der Waals surface area contributed by atoms with Crippen molar-refractivity contribution in [2.75, 3.05) is 19.4 Å². The summed E-state index contributed by atoms with van der Waals surface area (Å²) in [6.45, 7) is 2.47. The van der Waals surface area contributed by atoms with Crippen LogP contribution in [0.3, 0.4) is 0 Å². The fraction of sp³-hybridized carbons (Fsp3) is 0.417. The third-order valence-electron chi connectivity index (χ3n) is 2.67. The summed E-state index contributed by atoms with van der Waals surface area (Å²) in [4.78, 5) is 26.0. The van der Waals surface area contributed by atoms with E-state index in [1.807, 2.05) is 13.0 Å². The highest BCUT2D eigenvalue weighted by Gasteiger charge is 2.16.